The summed E-state index contributed by atoms with van der Waals surface area (Å²) < 4.78 is 0.804. The Morgan fingerprint density at radius 2 is 2.00 bits per heavy atom. The number of hydrogen-bond donors (Lipinski definition) is 0. The van der Waals surface area contributed by atoms with E-state index in [4.69, 9.17) is 17.1 Å². The number of ketones is 1. The van der Waals surface area contributed by atoms with Crippen molar-refractivity contribution in [2.45, 2.75) is 6.92 Å². The summed E-state index contributed by atoms with van der Waals surface area (Å²) in [6.07, 6.45) is 0. The van der Waals surface area contributed by atoms with Gasteiger partial charge in [0.2, 0.25) is 0 Å². The number of benzene rings is 2. The highest BCUT2D eigenvalue weighted by Gasteiger charge is 2.15. The quantitative estimate of drug-likeness (QED) is 0.308. The summed E-state index contributed by atoms with van der Waals surface area (Å²) in [5, 5.41) is 3.88. The Morgan fingerprint density at radius 1 is 1.25 bits per heavy atom. The topological polar surface area (TPSA) is 65.8 Å². The normalized spacial score (nSPS) is 9.95. The van der Waals surface area contributed by atoms with Crippen LogP contribution in [0, 0.1) is 6.92 Å². The van der Waals surface area contributed by atoms with Gasteiger partial charge in [0.1, 0.15) is 0 Å². The first-order chi connectivity index (χ1) is 9.52. The number of nitrogens with zero attached hydrogens (tertiary/aromatic N) is 3. The molecule has 0 heterocycles. The van der Waals surface area contributed by atoms with Crippen molar-refractivity contribution in [2.75, 3.05) is 0 Å². The molecule has 0 aliphatic rings. The standard InChI is InChI=1S/C14H9BrClN3O/c1-8-2-4-10(18-19-17)7-12(8)14(20)11-5-3-9(15)6-13(11)16/h2-7H,1H3. The number of aryl methyl sites for hydroxylation is 1. The zero-order valence-corrected chi connectivity index (χ0v) is 12.8. The molecule has 0 spiro atoms. The molecule has 100 valence electrons. The molecular weight excluding hydrogens is 342 g/mol. The minimum Gasteiger partial charge on any atom is -0.289 e. The molecule has 0 aromatic heterocycles. The van der Waals surface area contributed by atoms with Gasteiger partial charge in [-0.15, -0.1) is 0 Å². The SMILES string of the molecule is Cc1ccc(N=[N+]=[N-])cc1C(=O)c1ccc(Br)cc1Cl. The lowest BCUT2D eigenvalue weighted by atomic mass is 9.98. The molecule has 2 rings (SSSR count). The Bertz CT molecular complexity index is 739. The first-order valence-corrected chi connectivity index (χ1v) is 6.85. The van der Waals surface area contributed by atoms with Gasteiger partial charge in [-0.1, -0.05) is 44.8 Å². The lowest BCUT2D eigenvalue weighted by molar-refractivity contribution is 0.103. The predicted molar refractivity (Wildman–Crippen MR) is 82.6 cm³/mol. The number of hydrogen-bond acceptors (Lipinski definition) is 2. The van der Waals surface area contributed by atoms with E-state index in [0.29, 0.717) is 21.8 Å². The van der Waals surface area contributed by atoms with E-state index < -0.39 is 0 Å². The molecule has 0 saturated carbocycles. The lowest BCUT2D eigenvalue weighted by Crippen LogP contribution is -2.04. The minimum atomic E-state index is -0.199. The Morgan fingerprint density at radius 3 is 2.65 bits per heavy atom. The molecule has 0 radical (unpaired) electrons. The summed E-state index contributed by atoms with van der Waals surface area (Å²) in [5.41, 5.74) is 10.5. The van der Waals surface area contributed by atoms with Gasteiger partial charge in [-0.05, 0) is 42.3 Å². The molecule has 0 aliphatic heterocycles. The second-order valence-corrected chi connectivity index (χ2v) is 5.46. The summed E-state index contributed by atoms with van der Waals surface area (Å²) in [7, 11) is 0. The number of rotatable bonds is 3. The maximum atomic E-state index is 12.5. The predicted octanol–water partition coefficient (Wildman–Crippen LogP) is 5.58. The molecule has 0 saturated heterocycles. The first-order valence-electron chi connectivity index (χ1n) is 5.68. The fraction of sp³-hybridized carbons (Fsp3) is 0.0714. The van der Waals surface area contributed by atoms with Crippen molar-refractivity contribution in [1.82, 2.24) is 0 Å². The van der Waals surface area contributed by atoms with Crippen LogP contribution < -0.4 is 0 Å². The monoisotopic (exact) mass is 349 g/mol. The average molecular weight is 351 g/mol. The van der Waals surface area contributed by atoms with E-state index in [1.54, 1.807) is 36.4 Å². The highest BCUT2D eigenvalue weighted by Crippen LogP contribution is 2.26. The van der Waals surface area contributed by atoms with Crippen molar-refractivity contribution < 1.29 is 4.79 Å². The Hall–Kier alpha value is -1.81. The summed E-state index contributed by atoms with van der Waals surface area (Å²) in [6, 6.07) is 10.1. The van der Waals surface area contributed by atoms with Crippen molar-refractivity contribution >= 4 is 39.0 Å². The van der Waals surface area contributed by atoms with Gasteiger partial charge >= 0.3 is 0 Å². The van der Waals surface area contributed by atoms with E-state index in [2.05, 4.69) is 26.0 Å². The van der Waals surface area contributed by atoms with Crippen LogP contribution in [-0.4, -0.2) is 5.78 Å². The Kier molecular flexibility index (Phi) is 4.45. The van der Waals surface area contributed by atoms with Crippen molar-refractivity contribution in [3.63, 3.8) is 0 Å². The van der Waals surface area contributed by atoms with Crippen LogP contribution in [0.4, 0.5) is 5.69 Å². The molecule has 20 heavy (non-hydrogen) atoms. The fourth-order valence-corrected chi connectivity index (χ4v) is 2.55. The van der Waals surface area contributed by atoms with Crippen LogP contribution in [0.3, 0.4) is 0 Å². The summed E-state index contributed by atoms with van der Waals surface area (Å²) in [5.74, 6) is -0.199. The van der Waals surface area contributed by atoms with Crippen LogP contribution in [0.2, 0.25) is 5.02 Å². The molecule has 0 aliphatic carbocycles. The van der Waals surface area contributed by atoms with Crippen LogP contribution in [-0.2, 0) is 0 Å². The fourth-order valence-electron chi connectivity index (χ4n) is 1.79. The second-order valence-electron chi connectivity index (χ2n) is 4.14. The number of carbonyl (C=O) groups is 1. The van der Waals surface area contributed by atoms with Crippen LogP contribution in [0.1, 0.15) is 21.5 Å². The third kappa shape index (κ3) is 3.02. The number of halogens is 2. The lowest BCUT2D eigenvalue weighted by Gasteiger charge is -2.08. The number of carbonyl (C=O) groups excluding carboxylic acids is 1. The summed E-state index contributed by atoms with van der Waals surface area (Å²) >= 11 is 9.39. The highest BCUT2D eigenvalue weighted by molar-refractivity contribution is 9.10. The van der Waals surface area contributed by atoms with E-state index >= 15 is 0 Å². The van der Waals surface area contributed by atoms with Gasteiger partial charge in [0.05, 0.1) is 5.02 Å². The van der Waals surface area contributed by atoms with Gasteiger partial charge in [-0.2, -0.15) is 0 Å². The Labute approximate surface area is 129 Å². The van der Waals surface area contributed by atoms with Gasteiger partial charge in [-0.25, -0.2) is 0 Å². The molecule has 6 heteroatoms. The molecule has 2 aromatic carbocycles. The largest absolute Gasteiger partial charge is 0.289 e. The zero-order valence-electron chi connectivity index (χ0n) is 10.5. The van der Waals surface area contributed by atoms with Crippen LogP contribution in [0.5, 0.6) is 0 Å². The van der Waals surface area contributed by atoms with Crippen molar-refractivity contribution in [2.24, 2.45) is 5.11 Å². The van der Waals surface area contributed by atoms with Crippen molar-refractivity contribution in [1.29, 1.82) is 0 Å². The average Bonchev–Trinajstić information content (AvgIpc) is 2.40. The van der Waals surface area contributed by atoms with E-state index in [1.165, 1.54) is 0 Å². The van der Waals surface area contributed by atoms with E-state index in [1.807, 2.05) is 6.92 Å². The molecule has 0 bridgehead atoms. The smallest absolute Gasteiger partial charge is 0.194 e. The van der Waals surface area contributed by atoms with Gasteiger partial charge in [0.15, 0.2) is 5.78 Å². The molecule has 0 fully saturated rings. The van der Waals surface area contributed by atoms with Gasteiger partial charge < -0.3 is 0 Å². The maximum Gasteiger partial charge on any atom is 0.194 e. The van der Waals surface area contributed by atoms with Gasteiger partial charge in [0, 0.05) is 26.2 Å². The maximum absolute atomic E-state index is 12.5. The third-order valence-electron chi connectivity index (χ3n) is 2.80. The molecule has 2 aromatic rings. The Balaban J connectivity index is 2.52. The summed E-state index contributed by atoms with van der Waals surface area (Å²) in [6.45, 7) is 1.82. The van der Waals surface area contributed by atoms with Crippen LogP contribution in [0.15, 0.2) is 46.0 Å². The third-order valence-corrected chi connectivity index (χ3v) is 3.61. The van der Waals surface area contributed by atoms with Crippen LogP contribution in [0.25, 0.3) is 10.4 Å². The molecular formula is C14H9BrClN3O. The molecule has 0 atom stereocenters. The first kappa shape index (κ1) is 14.6. The van der Waals surface area contributed by atoms with E-state index in [0.717, 1.165) is 10.0 Å². The summed E-state index contributed by atoms with van der Waals surface area (Å²) in [4.78, 5) is 15.2. The second kappa shape index (κ2) is 6.09. The van der Waals surface area contributed by atoms with Crippen molar-refractivity contribution in [3.8, 4) is 0 Å². The molecule has 0 unspecified atom stereocenters. The van der Waals surface area contributed by atoms with E-state index in [9.17, 15) is 4.79 Å². The molecule has 4 nitrogen and oxygen atoms in total. The number of azide groups is 1. The van der Waals surface area contributed by atoms with Gasteiger partial charge in [0.25, 0.3) is 0 Å². The minimum absolute atomic E-state index is 0.199. The zero-order chi connectivity index (χ0) is 14.7. The highest BCUT2D eigenvalue weighted by atomic mass is 79.9. The van der Waals surface area contributed by atoms with Crippen molar-refractivity contribution in [3.05, 3.63) is 73.0 Å². The molecule has 0 amide bonds. The van der Waals surface area contributed by atoms with Crippen LogP contribution >= 0.6 is 27.5 Å². The van der Waals surface area contributed by atoms with Gasteiger partial charge in [-0.3, -0.25) is 4.79 Å². The molecule has 0 N–H and O–H groups in total. The van der Waals surface area contributed by atoms with E-state index in [-0.39, 0.29) is 5.78 Å².